The van der Waals surface area contributed by atoms with E-state index in [1.807, 2.05) is 37.3 Å². The van der Waals surface area contributed by atoms with Crippen molar-refractivity contribution in [2.45, 2.75) is 13.0 Å². The zero-order valence-electron chi connectivity index (χ0n) is 9.61. The van der Waals surface area contributed by atoms with Crippen molar-refractivity contribution in [3.8, 4) is 0 Å². The smallest absolute Gasteiger partial charge is 0.261 e. The second-order valence-electron chi connectivity index (χ2n) is 3.85. The first-order valence-corrected chi connectivity index (χ1v) is 7.36. The number of hydrogen-bond acceptors (Lipinski definition) is 2. The minimum atomic E-state index is -0.0722. The topological polar surface area (TPSA) is 29.1 Å². The zero-order chi connectivity index (χ0) is 13.1. The number of nitrogens with one attached hydrogen (secondary N) is 1. The van der Waals surface area contributed by atoms with Gasteiger partial charge < -0.3 is 5.32 Å². The van der Waals surface area contributed by atoms with Gasteiger partial charge in [0.25, 0.3) is 5.91 Å². The molecule has 2 rings (SSSR count). The number of thiophene rings is 1. The molecule has 0 radical (unpaired) electrons. The van der Waals surface area contributed by atoms with Crippen LogP contribution >= 0.6 is 38.9 Å². The maximum absolute atomic E-state index is 12.0. The van der Waals surface area contributed by atoms with Gasteiger partial charge >= 0.3 is 0 Å². The van der Waals surface area contributed by atoms with E-state index in [4.69, 9.17) is 11.6 Å². The Morgan fingerprint density at radius 3 is 2.78 bits per heavy atom. The van der Waals surface area contributed by atoms with Gasteiger partial charge in [-0.05, 0) is 52.7 Å². The molecule has 1 unspecified atom stereocenters. The van der Waals surface area contributed by atoms with E-state index in [9.17, 15) is 4.79 Å². The average Bonchev–Trinajstić information content (AvgIpc) is 2.76. The van der Waals surface area contributed by atoms with Gasteiger partial charge in [-0.15, -0.1) is 11.3 Å². The molecule has 1 heterocycles. The maximum atomic E-state index is 12.0. The monoisotopic (exact) mass is 343 g/mol. The Hall–Kier alpha value is -0.840. The van der Waals surface area contributed by atoms with Gasteiger partial charge in [0.1, 0.15) is 0 Å². The summed E-state index contributed by atoms with van der Waals surface area (Å²) in [6.45, 7) is 1.94. The lowest BCUT2D eigenvalue weighted by Gasteiger charge is -2.13. The summed E-state index contributed by atoms with van der Waals surface area (Å²) in [5.74, 6) is -0.0711. The molecule has 1 N–H and O–H groups in total. The molecule has 1 atom stereocenters. The maximum Gasteiger partial charge on any atom is 0.261 e. The molecule has 0 bridgehead atoms. The summed E-state index contributed by atoms with van der Waals surface area (Å²) in [6, 6.07) is 11.1. The van der Waals surface area contributed by atoms with Crippen molar-refractivity contribution in [3.05, 3.63) is 55.6 Å². The highest BCUT2D eigenvalue weighted by Crippen LogP contribution is 2.23. The molecule has 1 amide bonds. The molecule has 0 saturated heterocycles. The van der Waals surface area contributed by atoms with Gasteiger partial charge in [0.2, 0.25) is 0 Å². The molecule has 0 saturated carbocycles. The number of carbonyl (C=O) groups excluding carboxylic acids is 1. The Morgan fingerprint density at radius 2 is 2.17 bits per heavy atom. The average molecular weight is 345 g/mol. The van der Waals surface area contributed by atoms with Gasteiger partial charge in [0.05, 0.1) is 14.7 Å². The molecule has 18 heavy (non-hydrogen) atoms. The van der Waals surface area contributed by atoms with Crippen molar-refractivity contribution in [2.75, 3.05) is 0 Å². The summed E-state index contributed by atoms with van der Waals surface area (Å²) in [5, 5.41) is 3.62. The van der Waals surface area contributed by atoms with Gasteiger partial charge in [0.15, 0.2) is 0 Å². The standard InChI is InChI=1S/C13H11BrClNOS/c1-8(9-3-2-4-10(15)7-9)16-13(17)11-5-6-12(14)18-11/h2-8H,1H3,(H,16,17). The van der Waals surface area contributed by atoms with Crippen molar-refractivity contribution in [1.82, 2.24) is 5.32 Å². The number of benzene rings is 1. The Balaban J connectivity index is 2.07. The van der Waals surface area contributed by atoms with Crippen molar-refractivity contribution in [2.24, 2.45) is 0 Å². The van der Waals surface area contributed by atoms with E-state index in [2.05, 4.69) is 21.2 Å². The molecule has 0 spiro atoms. The molecule has 2 nitrogen and oxygen atoms in total. The third-order valence-corrected chi connectivity index (χ3v) is 4.35. The molecule has 94 valence electrons. The van der Waals surface area contributed by atoms with Gasteiger partial charge in [0, 0.05) is 5.02 Å². The number of hydrogen-bond donors (Lipinski definition) is 1. The molecule has 0 aliphatic rings. The Labute approximate surface area is 123 Å². The van der Waals surface area contributed by atoms with Crippen LogP contribution < -0.4 is 5.32 Å². The summed E-state index contributed by atoms with van der Waals surface area (Å²) in [4.78, 5) is 12.7. The predicted molar refractivity (Wildman–Crippen MR) is 79.4 cm³/mol. The van der Waals surface area contributed by atoms with Gasteiger partial charge in [-0.25, -0.2) is 0 Å². The molecule has 0 fully saturated rings. The highest BCUT2D eigenvalue weighted by Gasteiger charge is 2.13. The van der Waals surface area contributed by atoms with Crippen molar-refractivity contribution < 1.29 is 4.79 Å². The second kappa shape index (κ2) is 5.87. The van der Waals surface area contributed by atoms with Gasteiger partial charge in [-0.1, -0.05) is 23.7 Å². The van der Waals surface area contributed by atoms with E-state index >= 15 is 0 Å². The minimum Gasteiger partial charge on any atom is -0.345 e. The lowest BCUT2D eigenvalue weighted by atomic mass is 10.1. The summed E-state index contributed by atoms with van der Waals surface area (Å²) in [7, 11) is 0. The highest BCUT2D eigenvalue weighted by molar-refractivity contribution is 9.11. The SMILES string of the molecule is CC(NC(=O)c1ccc(Br)s1)c1cccc(Cl)c1. The number of rotatable bonds is 3. The molecule has 0 aliphatic carbocycles. The Kier molecular flexibility index (Phi) is 4.43. The molecular formula is C13H11BrClNOS. The van der Waals surface area contributed by atoms with Crippen molar-refractivity contribution in [3.63, 3.8) is 0 Å². The second-order valence-corrected chi connectivity index (χ2v) is 6.75. The minimum absolute atomic E-state index is 0.0711. The van der Waals surface area contributed by atoms with E-state index in [0.29, 0.717) is 9.90 Å². The molecule has 5 heteroatoms. The van der Waals surface area contributed by atoms with E-state index < -0.39 is 0 Å². The van der Waals surface area contributed by atoms with Gasteiger partial charge in [-0.2, -0.15) is 0 Å². The lowest BCUT2D eigenvalue weighted by molar-refractivity contribution is 0.0944. The third-order valence-electron chi connectivity index (χ3n) is 2.49. The van der Waals surface area contributed by atoms with Crippen LogP contribution in [0.25, 0.3) is 0 Å². The lowest BCUT2D eigenvalue weighted by Crippen LogP contribution is -2.25. The Bertz CT molecular complexity index is 570. The molecular weight excluding hydrogens is 334 g/mol. The molecule has 2 aromatic rings. The largest absolute Gasteiger partial charge is 0.345 e. The van der Waals surface area contributed by atoms with E-state index in [0.717, 1.165) is 9.35 Å². The van der Waals surface area contributed by atoms with Crippen molar-refractivity contribution >= 4 is 44.8 Å². The van der Waals surface area contributed by atoms with Gasteiger partial charge in [-0.3, -0.25) is 4.79 Å². The van der Waals surface area contributed by atoms with Crippen LogP contribution in [-0.4, -0.2) is 5.91 Å². The fourth-order valence-electron chi connectivity index (χ4n) is 1.56. The third kappa shape index (κ3) is 3.34. The first kappa shape index (κ1) is 13.6. The quantitative estimate of drug-likeness (QED) is 0.862. The normalized spacial score (nSPS) is 12.2. The van der Waals surface area contributed by atoms with Crippen LogP contribution in [0.3, 0.4) is 0 Å². The highest BCUT2D eigenvalue weighted by atomic mass is 79.9. The van der Waals surface area contributed by atoms with Crippen LogP contribution in [-0.2, 0) is 0 Å². The number of amides is 1. The summed E-state index contributed by atoms with van der Waals surface area (Å²) in [6.07, 6.45) is 0. The Morgan fingerprint density at radius 1 is 1.39 bits per heavy atom. The summed E-state index contributed by atoms with van der Waals surface area (Å²) >= 11 is 10.7. The zero-order valence-corrected chi connectivity index (χ0v) is 12.8. The van der Waals surface area contributed by atoms with Crippen LogP contribution in [0.4, 0.5) is 0 Å². The summed E-state index contributed by atoms with van der Waals surface area (Å²) in [5.41, 5.74) is 0.992. The molecule has 0 aliphatic heterocycles. The van der Waals surface area contributed by atoms with Crippen LogP contribution in [0.5, 0.6) is 0 Å². The molecule has 1 aromatic heterocycles. The number of halogens is 2. The first-order valence-electron chi connectivity index (χ1n) is 5.38. The van der Waals surface area contributed by atoms with E-state index in [-0.39, 0.29) is 11.9 Å². The van der Waals surface area contributed by atoms with E-state index in [1.54, 1.807) is 6.07 Å². The first-order chi connectivity index (χ1) is 8.56. The van der Waals surface area contributed by atoms with Crippen LogP contribution in [0.1, 0.15) is 28.2 Å². The van der Waals surface area contributed by atoms with Crippen molar-refractivity contribution in [1.29, 1.82) is 0 Å². The van der Waals surface area contributed by atoms with Crippen LogP contribution in [0.2, 0.25) is 5.02 Å². The molecule has 1 aromatic carbocycles. The number of carbonyl (C=O) groups is 1. The van der Waals surface area contributed by atoms with Crippen LogP contribution in [0, 0.1) is 0 Å². The predicted octanol–water partition coefficient (Wildman–Crippen LogP) is 4.66. The fourth-order valence-corrected chi connectivity index (χ4v) is 3.05. The fraction of sp³-hybridized carbons (Fsp3) is 0.154. The van der Waals surface area contributed by atoms with E-state index in [1.165, 1.54) is 11.3 Å². The van der Waals surface area contributed by atoms with Crippen LogP contribution in [0.15, 0.2) is 40.2 Å². The summed E-state index contributed by atoms with van der Waals surface area (Å²) < 4.78 is 0.947.